The fourth-order valence-corrected chi connectivity index (χ4v) is 4.99. The number of rotatable bonds is 9. The monoisotopic (exact) mass is 559 g/mol. The number of halogens is 1. The molecular formula is C26H26ClN3O7S. The zero-order chi connectivity index (χ0) is 28.0. The van der Waals surface area contributed by atoms with Gasteiger partial charge in [-0.2, -0.15) is 5.26 Å². The number of hydrogen-bond donors (Lipinski definition) is 2. The van der Waals surface area contributed by atoms with Gasteiger partial charge in [-0.15, -0.1) is 0 Å². The molecule has 0 aromatic heterocycles. The maximum atomic E-state index is 13.1. The Balaban J connectivity index is 2.01. The second kappa shape index (κ2) is 12.6. The zero-order valence-corrected chi connectivity index (χ0v) is 22.9. The van der Waals surface area contributed by atoms with Crippen LogP contribution in [-0.2, 0) is 19.1 Å². The van der Waals surface area contributed by atoms with Gasteiger partial charge in [-0.3, -0.25) is 14.4 Å². The molecular weight excluding hydrogens is 534 g/mol. The van der Waals surface area contributed by atoms with Crippen molar-refractivity contribution in [2.45, 2.75) is 12.8 Å². The lowest BCUT2D eigenvalue weighted by atomic mass is 9.78. The molecule has 38 heavy (non-hydrogen) atoms. The fourth-order valence-electron chi connectivity index (χ4n) is 3.97. The van der Waals surface area contributed by atoms with Gasteiger partial charge in [-0.25, -0.2) is 0 Å². The summed E-state index contributed by atoms with van der Waals surface area (Å²) < 4.78 is 21.1. The van der Waals surface area contributed by atoms with Gasteiger partial charge in [0.1, 0.15) is 5.92 Å². The van der Waals surface area contributed by atoms with Gasteiger partial charge in [0, 0.05) is 16.6 Å². The number of allylic oxidation sites excluding steroid dienone is 1. The normalized spacial score (nSPS) is 16.7. The number of aryl methyl sites for hydroxylation is 1. The lowest BCUT2D eigenvalue weighted by molar-refractivity contribution is -0.150. The summed E-state index contributed by atoms with van der Waals surface area (Å²) in [6, 6.07) is 10.3. The minimum atomic E-state index is -1.37. The lowest BCUT2D eigenvalue weighted by Gasteiger charge is -2.31. The van der Waals surface area contributed by atoms with E-state index in [1.165, 1.54) is 21.3 Å². The Morgan fingerprint density at radius 3 is 2.29 bits per heavy atom. The molecule has 2 amide bonds. The Bertz CT molecular complexity index is 1310. The lowest BCUT2D eigenvalue weighted by Crippen LogP contribution is -2.44. The van der Waals surface area contributed by atoms with Crippen LogP contribution in [0.3, 0.4) is 0 Å². The Labute approximate surface area is 229 Å². The van der Waals surface area contributed by atoms with Gasteiger partial charge in [0.25, 0.3) is 0 Å². The van der Waals surface area contributed by atoms with Gasteiger partial charge in [-0.05, 0) is 42.3 Å². The van der Waals surface area contributed by atoms with Crippen LogP contribution in [-0.4, -0.2) is 52.0 Å². The van der Waals surface area contributed by atoms with Gasteiger partial charge in [0.2, 0.25) is 17.6 Å². The summed E-state index contributed by atoms with van der Waals surface area (Å²) >= 11 is 7.08. The third-order valence-corrected chi connectivity index (χ3v) is 7.26. The average molecular weight is 560 g/mol. The Morgan fingerprint density at radius 1 is 1.11 bits per heavy atom. The van der Waals surface area contributed by atoms with Crippen molar-refractivity contribution in [3.05, 3.63) is 57.1 Å². The van der Waals surface area contributed by atoms with E-state index in [0.717, 1.165) is 24.4 Å². The second-order valence-electron chi connectivity index (χ2n) is 8.08. The van der Waals surface area contributed by atoms with E-state index in [1.807, 2.05) is 6.92 Å². The van der Waals surface area contributed by atoms with Gasteiger partial charge in [0.05, 0.1) is 50.9 Å². The highest BCUT2D eigenvalue weighted by atomic mass is 35.5. The maximum absolute atomic E-state index is 13.1. The number of anilines is 1. The molecule has 0 saturated carbocycles. The Morgan fingerprint density at radius 2 is 1.76 bits per heavy atom. The van der Waals surface area contributed by atoms with Gasteiger partial charge >= 0.3 is 5.97 Å². The molecule has 0 fully saturated rings. The zero-order valence-electron chi connectivity index (χ0n) is 21.3. The van der Waals surface area contributed by atoms with Crippen molar-refractivity contribution < 1.29 is 33.3 Å². The minimum absolute atomic E-state index is 0.0745. The number of esters is 1. The molecule has 1 aliphatic rings. The average Bonchev–Trinajstić information content (AvgIpc) is 2.92. The molecule has 0 saturated heterocycles. The van der Waals surface area contributed by atoms with Crippen molar-refractivity contribution in [2.75, 3.05) is 39.5 Å². The SMILES string of the molecule is COC(=O)[C@H]1C(=O)NC(SCC(=O)Nc2ccc(C)c(Cl)c2)=C(C#N)[C@H]1c1cc(OC)c(OC)c(OC)c1. The molecule has 2 aromatic carbocycles. The third-order valence-electron chi connectivity index (χ3n) is 5.83. The number of nitrogens with zero attached hydrogens (tertiary/aromatic N) is 1. The topological polar surface area (TPSA) is 136 Å². The summed E-state index contributed by atoms with van der Waals surface area (Å²) in [6.07, 6.45) is 0. The first-order valence-electron chi connectivity index (χ1n) is 11.2. The van der Waals surface area contributed by atoms with Crippen LogP contribution in [0.1, 0.15) is 17.0 Å². The summed E-state index contributed by atoms with van der Waals surface area (Å²) in [5.74, 6) is -3.57. The molecule has 0 spiro atoms. The first-order chi connectivity index (χ1) is 18.2. The molecule has 200 valence electrons. The predicted octanol–water partition coefficient (Wildman–Crippen LogP) is 3.78. The predicted molar refractivity (Wildman–Crippen MR) is 142 cm³/mol. The molecule has 0 aliphatic carbocycles. The molecule has 3 rings (SSSR count). The number of thioether (sulfide) groups is 1. The van der Waals surface area contributed by atoms with E-state index in [0.29, 0.717) is 22.0 Å². The largest absolute Gasteiger partial charge is 0.493 e. The highest BCUT2D eigenvalue weighted by molar-refractivity contribution is 8.03. The van der Waals surface area contributed by atoms with Crippen molar-refractivity contribution in [1.82, 2.24) is 5.32 Å². The number of nitriles is 1. The highest BCUT2D eigenvalue weighted by Crippen LogP contribution is 2.46. The number of carbonyl (C=O) groups excluding carboxylic acids is 3. The number of amides is 2. The van der Waals surface area contributed by atoms with Crippen LogP contribution in [0.5, 0.6) is 17.2 Å². The number of carbonyl (C=O) groups is 3. The Hall–Kier alpha value is -3.88. The number of nitrogens with one attached hydrogen (secondary N) is 2. The minimum Gasteiger partial charge on any atom is -0.493 e. The van der Waals surface area contributed by atoms with E-state index in [-0.39, 0.29) is 33.8 Å². The standard InChI is InChI=1S/C26H26ClN3O7S/c1-13-6-7-15(10-17(13)27)29-20(31)12-38-25-16(11-28)21(22(24(32)30-25)26(33)37-5)14-8-18(34-2)23(36-4)19(9-14)35-3/h6-10,21-22H,12H2,1-5H3,(H,29,31)(H,30,32)/t21-,22-/m1/s1. The van der Waals surface area contributed by atoms with Crippen LogP contribution in [0.15, 0.2) is 40.9 Å². The van der Waals surface area contributed by atoms with Crippen molar-refractivity contribution in [1.29, 1.82) is 5.26 Å². The quantitative estimate of drug-likeness (QED) is 0.347. The highest BCUT2D eigenvalue weighted by Gasteiger charge is 2.45. The van der Waals surface area contributed by atoms with Gasteiger partial charge in [0.15, 0.2) is 11.5 Å². The summed E-state index contributed by atoms with van der Waals surface area (Å²) in [6.45, 7) is 1.84. The van der Waals surface area contributed by atoms with E-state index < -0.39 is 23.7 Å². The molecule has 2 N–H and O–H groups in total. The van der Waals surface area contributed by atoms with Crippen molar-refractivity contribution in [3.63, 3.8) is 0 Å². The van der Waals surface area contributed by atoms with Crippen molar-refractivity contribution in [2.24, 2.45) is 5.92 Å². The number of ether oxygens (including phenoxy) is 4. The molecule has 1 heterocycles. The smallest absolute Gasteiger partial charge is 0.319 e. The van der Waals surface area contributed by atoms with E-state index in [9.17, 15) is 19.6 Å². The van der Waals surface area contributed by atoms with E-state index in [4.69, 9.17) is 30.5 Å². The fraction of sp³-hybridized carbons (Fsp3) is 0.308. The first-order valence-corrected chi connectivity index (χ1v) is 12.6. The molecule has 0 radical (unpaired) electrons. The molecule has 0 unspecified atom stereocenters. The van der Waals surface area contributed by atoms with Gasteiger partial charge in [-0.1, -0.05) is 29.4 Å². The summed E-state index contributed by atoms with van der Waals surface area (Å²) in [7, 11) is 5.45. The van der Waals surface area contributed by atoms with Crippen LogP contribution in [0, 0.1) is 24.2 Å². The van der Waals surface area contributed by atoms with Crippen LogP contribution < -0.4 is 24.8 Å². The molecule has 12 heteroatoms. The van der Waals surface area contributed by atoms with E-state index in [1.54, 1.807) is 30.3 Å². The van der Waals surface area contributed by atoms with Crippen LogP contribution in [0.2, 0.25) is 5.02 Å². The number of methoxy groups -OCH3 is 4. The molecule has 1 aliphatic heterocycles. The van der Waals surface area contributed by atoms with E-state index in [2.05, 4.69) is 16.7 Å². The Kier molecular flexibility index (Phi) is 9.50. The van der Waals surface area contributed by atoms with Crippen LogP contribution >= 0.6 is 23.4 Å². The van der Waals surface area contributed by atoms with Crippen molar-refractivity contribution >= 4 is 46.8 Å². The van der Waals surface area contributed by atoms with Crippen LogP contribution in [0.4, 0.5) is 5.69 Å². The first kappa shape index (κ1) is 28.7. The molecule has 0 bridgehead atoms. The summed E-state index contributed by atoms with van der Waals surface area (Å²) in [5, 5.41) is 16.1. The second-order valence-corrected chi connectivity index (χ2v) is 9.47. The van der Waals surface area contributed by atoms with Gasteiger partial charge < -0.3 is 29.6 Å². The molecule has 10 nitrogen and oxygen atoms in total. The van der Waals surface area contributed by atoms with E-state index >= 15 is 0 Å². The third kappa shape index (κ3) is 5.98. The summed E-state index contributed by atoms with van der Waals surface area (Å²) in [4.78, 5) is 38.4. The molecule has 2 aromatic rings. The number of hydrogen-bond acceptors (Lipinski definition) is 9. The maximum Gasteiger partial charge on any atom is 0.319 e. The number of benzene rings is 2. The van der Waals surface area contributed by atoms with Crippen molar-refractivity contribution in [3.8, 4) is 23.3 Å². The molecule has 2 atom stereocenters. The van der Waals surface area contributed by atoms with Crippen LogP contribution in [0.25, 0.3) is 0 Å². The summed E-state index contributed by atoms with van der Waals surface area (Å²) in [5.41, 5.74) is 1.84.